The zero-order valence-electron chi connectivity index (χ0n) is 6.34. The molecule has 0 atom stereocenters. The average molecular weight is 142 g/mol. The van der Waals surface area contributed by atoms with Crippen LogP contribution >= 0.6 is 0 Å². The predicted octanol–water partition coefficient (Wildman–Crippen LogP) is -0.349. The van der Waals surface area contributed by atoms with Crippen LogP contribution in [-0.4, -0.2) is 23.8 Å². The first kappa shape index (κ1) is 7.76. The number of quaternary nitrogens is 1. The second kappa shape index (κ2) is 3.17. The lowest BCUT2D eigenvalue weighted by Crippen LogP contribution is -2.87. The quantitative estimate of drug-likeness (QED) is 0.508. The third-order valence-electron chi connectivity index (χ3n) is 2.15. The van der Waals surface area contributed by atoms with Crippen LogP contribution in [0, 0.1) is 0 Å². The smallest absolute Gasteiger partial charge is 0.0788 e. The summed E-state index contributed by atoms with van der Waals surface area (Å²) in [6, 6.07) is 0. The molecule has 0 saturated carbocycles. The minimum atomic E-state index is -0.420. The van der Waals surface area contributed by atoms with Gasteiger partial charge in [0.1, 0.15) is 0 Å². The van der Waals surface area contributed by atoms with E-state index in [9.17, 15) is 5.11 Å². The van der Waals surface area contributed by atoms with Gasteiger partial charge in [-0.15, -0.1) is 6.58 Å². The summed E-state index contributed by atoms with van der Waals surface area (Å²) in [5.74, 6) is 0. The van der Waals surface area contributed by atoms with Crippen molar-refractivity contribution in [2.24, 2.45) is 0 Å². The Morgan fingerprint density at radius 3 is 2.60 bits per heavy atom. The van der Waals surface area contributed by atoms with Gasteiger partial charge in [0.25, 0.3) is 0 Å². The van der Waals surface area contributed by atoms with Crippen molar-refractivity contribution in [3.63, 3.8) is 0 Å². The first-order chi connectivity index (χ1) is 4.77. The summed E-state index contributed by atoms with van der Waals surface area (Å²) in [7, 11) is 0. The monoisotopic (exact) mass is 142 g/mol. The third kappa shape index (κ3) is 1.82. The molecule has 1 aliphatic rings. The number of rotatable bonds is 2. The summed E-state index contributed by atoms with van der Waals surface area (Å²) in [5, 5.41) is 12.0. The number of aliphatic hydroxyl groups is 1. The first-order valence-corrected chi connectivity index (χ1v) is 3.92. The Balaban J connectivity index is 2.39. The number of hydrogen-bond donors (Lipinski definition) is 2. The molecule has 58 valence electrons. The van der Waals surface area contributed by atoms with Gasteiger partial charge in [-0.1, -0.05) is 6.08 Å². The third-order valence-corrected chi connectivity index (χ3v) is 2.15. The van der Waals surface area contributed by atoms with Crippen LogP contribution in [0.1, 0.15) is 19.3 Å². The van der Waals surface area contributed by atoms with Gasteiger partial charge in [0, 0.05) is 12.8 Å². The molecule has 1 fully saturated rings. The van der Waals surface area contributed by atoms with Crippen molar-refractivity contribution in [3.05, 3.63) is 12.7 Å². The van der Waals surface area contributed by atoms with Crippen LogP contribution < -0.4 is 5.32 Å². The van der Waals surface area contributed by atoms with Gasteiger partial charge in [-0.05, 0) is 6.42 Å². The van der Waals surface area contributed by atoms with Gasteiger partial charge in [-0.25, -0.2) is 0 Å². The second-order valence-electron chi connectivity index (χ2n) is 3.08. The van der Waals surface area contributed by atoms with Gasteiger partial charge < -0.3 is 10.4 Å². The van der Waals surface area contributed by atoms with E-state index in [0.717, 1.165) is 32.4 Å². The fraction of sp³-hybridized carbons (Fsp3) is 0.750. The summed E-state index contributed by atoms with van der Waals surface area (Å²) in [4.78, 5) is 0. The molecule has 2 heteroatoms. The molecule has 3 N–H and O–H groups in total. The lowest BCUT2D eigenvalue weighted by atomic mass is 9.89. The minimum Gasteiger partial charge on any atom is -0.389 e. The van der Waals surface area contributed by atoms with Crippen molar-refractivity contribution < 1.29 is 10.4 Å². The number of nitrogens with two attached hydrogens (primary N) is 1. The zero-order chi connectivity index (χ0) is 7.45. The highest BCUT2D eigenvalue weighted by Gasteiger charge is 2.29. The van der Waals surface area contributed by atoms with Gasteiger partial charge in [-0.3, -0.25) is 0 Å². The van der Waals surface area contributed by atoms with E-state index in [4.69, 9.17) is 0 Å². The van der Waals surface area contributed by atoms with E-state index >= 15 is 0 Å². The molecular formula is C8H16NO+. The van der Waals surface area contributed by atoms with E-state index in [0.29, 0.717) is 0 Å². The molecular weight excluding hydrogens is 126 g/mol. The highest BCUT2D eigenvalue weighted by Crippen LogP contribution is 2.19. The van der Waals surface area contributed by atoms with Crippen molar-refractivity contribution >= 4 is 0 Å². The molecule has 0 bridgehead atoms. The van der Waals surface area contributed by atoms with Crippen LogP contribution in [0.4, 0.5) is 0 Å². The van der Waals surface area contributed by atoms with Crippen molar-refractivity contribution in [2.75, 3.05) is 13.1 Å². The van der Waals surface area contributed by atoms with E-state index in [2.05, 4.69) is 11.9 Å². The van der Waals surface area contributed by atoms with Crippen molar-refractivity contribution in [3.8, 4) is 0 Å². The molecule has 0 aromatic carbocycles. The van der Waals surface area contributed by atoms with Crippen molar-refractivity contribution in [1.82, 2.24) is 0 Å². The Kier molecular flexibility index (Phi) is 2.46. The van der Waals surface area contributed by atoms with Crippen LogP contribution in [0.25, 0.3) is 0 Å². The summed E-state index contributed by atoms with van der Waals surface area (Å²) in [6.45, 7) is 5.75. The van der Waals surface area contributed by atoms with E-state index in [1.165, 1.54) is 0 Å². The molecule has 0 aliphatic carbocycles. The summed E-state index contributed by atoms with van der Waals surface area (Å²) in [6.07, 6.45) is 4.39. The average Bonchev–Trinajstić information content (AvgIpc) is 1.89. The molecule has 0 aromatic heterocycles. The maximum absolute atomic E-state index is 9.78. The predicted molar refractivity (Wildman–Crippen MR) is 40.7 cm³/mol. The normalized spacial score (nSPS) is 24.1. The van der Waals surface area contributed by atoms with Crippen molar-refractivity contribution in [1.29, 1.82) is 0 Å². The molecule has 1 saturated heterocycles. The molecule has 1 aliphatic heterocycles. The van der Waals surface area contributed by atoms with Gasteiger partial charge in [0.05, 0.1) is 18.7 Å². The molecule has 1 heterocycles. The summed E-state index contributed by atoms with van der Waals surface area (Å²) in [5.41, 5.74) is -0.420. The Bertz CT molecular complexity index is 116. The van der Waals surface area contributed by atoms with Gasteiger partial charge in [0.15, 0.2) is 0 Å². The SMILES string of the molecule is C=CCC1(O)CC[NH2+]CC1. The van der Waals surface area contributed by atoms with E-state index in [-0.39, 0.29) is 0 Å². The second-order valence-corrected chi connectivity index (χ2v) is 3.08. The van der Waals surface area contributed by atoms with Gasteiger partial charge in [0.2, 0.25) is 0 Å². The Hall–Kier alpha value is -0.340. The van der Waals surface area contributed by atoms with Gasteiger partial charge >= 0.3 is 0 Å². The highest BCUT2D eigenvalue weighted by molar-refractivity contribution is 4.87. The van der Waals surface area contributed by atoms with Crippen LogP contribution in [0.15, 0.2) is 12.7 Å². The fourth-order valence-electron chi connectivity index (χ4n) is 1.48. The fourth-order valence-corrected chi connectivity index (χ4v) is 1.48. The zero-order valence-corrected chi connectivity index (χ0v) is 6.34. The Labute approximate surface area is 61.9 Å². The Morgan fingerprint density at radius 2 is 2.10 bits per heavy atom. The largest absolute Gasteiger partial charge is 0.389 e. The van der Waals surface area contributed by atoms with Crippen LogP contribution in [0.2, 0.25) is 0 Å². The number of piperidine rings is 1. The summed E-state index contributed by atoms with van der Waals surface area (Å²) >= 11 is 0. The molecule has 0 spiro atoms. The number of hydrogen-bond acceptors (Lipinski definition) is 1. The molecule has 10 heavy (non-hydrogen) atoms. The minimum absolute atomic E-state index is 0.420. The van der Waals surface area contributed by atoms with Gasteiger partial charge in [-0.2, -0.15) is 0 Å². The Morgan fingerprint density at radius 1 is 1.50 bits per heavy atom. The first-order valence-electron chi connectivity index (χ1n) is 3.92. The molecule has 2 nitrogen and oxygen atoms in total. The van der Waals surface area contributed by atoms with E-state index in [1.54, 1.807) is 0 Å². The topological polar surface area (TPSA) is 36.8 Å². The standard InChI is InChI=1S/C8H15NO/c1-2-3-8(10)4-6-9-7-5-8/h2,9-10H,1,3-7H2/p+1. The maximum atomic E-state index is 9.78. The van der Waals surface area contributed by atoms with Crippen LogP contribution in [-0.2, 0) is 0 Å². The van der Waals surface area contributed by atoms with E-state index in [1.807, 2.05) is 6.08 Å². The lowest BCUT2D eigenvalue weighted by molar-refractivity contribution is -0.668. The molecule has 1 rings (SSSR count). The van der Waals surface area contributed by atoms with E-state index < -0.39 is 5.60 Å². The maximum Gasteiger partial charge on any atom is 0.0788 e. The molecule has 0 unspecified atom stereocenters. The highest BCUT2D eigenvalue weighted by atomic mass is 16.3. The molecule has 0 aromatic rings. The summed E-state index contributed by atoms with van der Waals surface area (Å²) < 4.78 is 0. The lowest BCUT2D eigenvalue weighted by Gasteiger charge is -2.29. The van der Waals surface area contributed by atoms with Crippen LogP contribution in [0.3, 0.4) is 0 Å². The molecule has 0 radical (unpaired) electrons. The van der Waals surface area contributed by atoms with Crippen LogP contribution in [0.5, 0.6) is 0 Å². The van der Waals surface area contributed by atoms with Crippen molar-refractivity contribution in [2.45, 2.75) is 24.9 Å². The molecule has 0 amide bonds.